The molecular formula is C5H9NOS. The van der Waals surface area contributed by atoms with E-state index < -0.39 is 10.8 Å². The molecule has 0 fully saturated rings. The summed E-state index contributed by atoms with van der Waals surface area (Å²) in [5, 5.41) is 0. The monoisotopic (exact) mass is 131 g/mol. The van der Waals surface area contributed by atoms with Gasteiger partial charge >= 0.3 is 0 Å². The Balaban J connectivity index is 2.57. The van der Waals surface area contributed by atoms with Gasteiger partial charge in [-0.2, -0.15) is 0 Å². The predicted molar refractivity (Wildman–Crippen MR) is 34.2 cm³/mol. The van der Waals surface area contributed by atoms with Gasteiger partial charge in [0, 0.05) is 23.1 Å². The van der Waals surface area contributed by atoms with E-state index in [1.165, 1.54) is 0 Å². The van der Waals surface area contributed by atoms with Gasteiger partial charge in [-0.05, 0) is 6.92 Å². The Morgan fingerprint density at radius 1 is 2.00 bits per heavy atom. The third-order valence-corrected chi connectivity index (χ3v) is 2.07. The minimum absolute atomic E-state index is 0.702. The lowest BCUT2D eigenvalue weighted by molar-refractivity contribution is -0.471. The minimum atomic E-state index is -0.707. The fourth-order valence-electron chi connectivity index (χ4n) is 0.610. The lowest BCUT2D eigenvalue weighted by Gasteiger charge is -1.94. The molecule has 0 radical (unpaired) electrons. The van der Waals surface area contributed by atoms with Gasteiger partial charge in [-0.15, -0.1) is 0 Å². The first-order valence-corrected chi connectivity index (χ1v) is 4.02. The van der Waals surface area contributed by atoms with Crippen LogP contribution in [0.4, 0.5) is 0 Å². The van der Waals surface area contributed by atoms with Crippen molar-refractivity contribution in [1.29, 1.82) is 0 Å². The molecule has 0 aromatic rings. The maximum absolute atomic E-state index is 10.6. The van der Waals surface area contributed by atoms with Crippen LogP contribution in [0.15, 0.2) is 0 Å². The minimum Gasteiger partial charge on any atom is -0.358 e. The maximum atomic E-state index is 10.6. The molecule has 1 aliphatic heterocycles. The molecule has 0 N–H and O–H groups in total. The molecule has 8 heavy (non-hydrogen) atoms. The van der Waals surface area contributed by atoms with Crippen LogP contribution >= 0.6 is 0 Å². The molecule has 0 saturated carbocycles. The van der Waals surface area contributed by atoms with Crippen molar-refractivity contribution >= 4 is 16.3 Å². The van der Waals surface area contributed by atoms with Gasteiger partial charge in [0.1, 0.15) is 6.54 Å². The zero-order chi connectivity index (χ0) is 5.98. The van der Waals surface area contributed by atoms with Crippen molar-refractivity contribution in [3.05, 3.63) is 6.54 Å². The van der Waals surface area contributed by atoms with Crippen LogP contribution in [0.3, 0.4) is 0 Å². The van der Waals surface area contributed by atoms with Gasteiger partial charge in [0.15, 0.2) is 0 Å². The molecule has 0 aromatic heterocycles. The zero-order valence-electron chi connectivity index (χ0n) is 4.83. The fourth-order valence-corrected chi connectivity index (χ4v) is 1.57. The first-order valence-electron chi connectivity index (χ1n) is 2.64. The highest BCUT2D eigenvalue weighted by Crippen LogP contribution is 1.94. The lowest BCUT2D eigenvalue weighted by atomic mass is 10.6. The van der Waals surface area contributed by atoms with E-state index in [4.69, 9.17) is 0 Å². The molecule has 0 aliphatic carbocycles. The predicted octanol–water partition coefficient (Wildman–Crippen LogP) is -0.0288. The maximum Gasteiger partial charge on any atom is 0.113 e. The molecule has 46 valence electrons. The average Bonchev–Trinajstić information content (AvgIpc) is 2.14. The molecule has 0 aromatic carbocycles. The Hall–Kier alpha value is -0.310. The summed E-state index contributed by atoms with van der Waals surface area (Å²) in [5.41, 5.74) is 1.75. The molecule has 1 heterocycles. The Bertz CT molecular complexity index is 141. The van der Waals surface area contributed by atoms with E-state index in [2.05, 4.69) is 0 Å². The summed E-state index contributed by atoms with van der Waals surface area (Å²) < 4.78 is 12.5. The van der Waals surface area contributed by atoms with E-state index >= 15 is 0 Å². The summed E-state index contributed by atoms with van der Waals surface area (Å²) in [6.07, 6.45) is 0. The highest BCUT2D eigenvalue weighted by atomic mass is 32.2. The third kappa shape index (κ3) is 1.10. The summed E-state index contributed by atoms with van der Waals surface area (Å²) in [6, 6.07) is 0. The van der Waals surface area contributed by atoms with Crippen LogP contribution < -0.4 is 0 Å². The quantitative estimate of drug-likeness (QED) is 0.361. The van der Waals surface area contributed by atoms with Gasteiger partial charge < -0.3 is 4.58 Å². The number of nitrogens with zero attached hydrogens (tertiary/aromatic N) is 1. The second-order valence-corrected chi connectivity index (χ2v) is 2.97. The standard InChI is InChI=1S/C5H9NOS/c1-2-6-3-4-8(7)5-6/h3,5H,2,4H2,1H3. The van der Waals surface area contributed by atoms with E-state index in [1.54, 1.807) is 5.55 Å². The normalized spacial score (nSPS) is 27.1. The first kappa shape index (κ1) is 5.82. The molecule has 0 saturated heterocycles. The van der Waals surface area contributed by atoms with Crippen molar-refractivity contribution in [2.75, 3.05) is 12.3 Å². The summed E-state index contributed by atoms with van der Waals surface area (Å²) in [7, 11) is -0.707. The number of hydrogen-bond donors (Lipinski definition) is 0. The van der Waals surface area contributed by atoms with E-state index in [0.29, 0.717) is 5.75 Å². The van der Waals surface area contributed by atoms with Gasteiger partial charge in [-0.3, -0.25) is 4.21 Å². The SMILES string of the molecule is CC[N+]1=CS(=O)C[CH-]1. The Kier molecular flexibility index (Phi) is 1.68. The van der Waals surface area contributed by atoms with Crippen molar-refractivity contribution in [2.24, 2.45) is 0 Å². The summed E-state index contributed by atoms with van der Waals surface area (Å²) >= 11 is 0. The van der Waals surface area contributed by atoms with Crippen molar-refractivity contribution in [3.63, 3.8) is 0 Å². The topological polar surface area (TPSA) is 20.1 Å². The molecule has 1 aliphatic rings. The van der Waals surface area contributed by atoms with E-state index in [9.17, 15) is 4.21 Å². The highest BCUT2D eigenvalue weighted by molar-refractivity contribution is 7.98. The fraction of sp³-hybridized carbons (Fsp3) is 0.600. The van der Waals surface area contributed by atoms with Crippen molar-refractivity contribution in [2.45, 2.75) is 6.92 Å². The van der Waals surface area contributed by atoms with E-state index in [-0.39, 0.29) is 0 Å². The molecule has 3 heteroatoms. The van der Waals surface area contributed by atoms with Crippen LogP contribution in [-0.4, -0.2) is 26.6 Å². The van der Waals surface area contributed by atoms with Crippen LogP contribution in [-0.2, 0) is 10.8 Å². The summed E-state index contributed by atoms with van der Waals surface area (Å²) in [6.45, 7) is 4.93. The Morgan fingerprint density at radius 2 is 2.75 bits per heavy atom. The molecule has 0 bridgehead atoms. The number of rotatable bonds is 1. The lowest BCUT2D eigenvalue weighted by Crippen LogP contribution is -2.02. The molecule has 0 spiro atoms. The average molecular weight is 131 g/mol. The molecule has 2 nitrogen and oxygen atoms in total. The van der Waals surface area contributed by atoms with Gasteiger partial charge in [-0.25, -0.2) is 0 Å². The molecule has 1 unspecified atom stereocenters. The summed E-state index contributed by atoms with van der Waals surface area (Å²) in [4.78, 5) is 0. The molecular weight excluding hydrogens is 122 g/mol. The van der Waals surface area contributed by atoms with Crippen molar-refractivity contribution in [3.8, 4) is 0 Å². The van der Waals surface area contributed by atoms with Gasteiger partial charge in [0.05, 0.1) is 5.55 Å². The van der Waals surface area contributed by atoms with Crippen LogP contribution in [0.2, 0.25) is 0 Å². The van der Waals surface area contributed by atoms with Crippen LogP contribution in [0.5, 0.6) is 0 Å². The van der Waals surface area contributed by atoms with Crippen LogP contribution in [0.25, 0.3) is 0 Å². The van der Waals surface area contributed by atoms with E-state index in [1.807, 2.05) is 18.0 Å². The van der Waals surface area contributed by atoms with Gasteiger partial charge in [0.2, 0.25) is 0 Å². The smallest absolute Gasteiger partial charge is 0.113 e. The Morgan fingerprint density at radius 3 is 3.00 bits per heavy atom. The van der Waals surface area contributed by atoms with Crippen molar-refractivity contribution < 1.29 is 8.78 Å². The molecule has 0 amide bonds. The van der Waals surface area contributed by atoms with Crippen LogP contribution in [0, 0.1) is 6.54 Å². The second kappa shape index (κ2) is 2.31. The number of hydrogen-bond acceptors (Lipinski definition) is 1. The zero-order valence-corrected chi connectivity index (χ0v) is 5.65. The largest absolute Gasteiger partial charge is 0.358 e. The van der Waals surface area contributed by atoms with Gasteiger partial charge in [0.25, 0.3) is 0 Å². The highest BCUT2D eigenvalue weighted by Gasteiger charge is 2.04. The van der Waals surface area contributed by atoms with Gasteiger partial charge in [-0.1, -0.05) is 0 Å². The third-order valence-electron chi connectivity index (χ3n) is 1.09. The second-order valence-electron chi connectivity index (χ2n) is 1.67. The first-order chi connectivity index (χ1) is 3.83. The van der Waals surface area contributed by atoms with Crippen molar-refractivity contribution in [1.82, 2.24) is 0 Å². The summed E-state index contributed by atoms with van der Waals surface area (Å²) in [5.74, 6) is 0.702. The van der Waals surface area contributed by atoms with Crippen LogP contribution in [0.1, 0.15) is 6.92 Å². The Labute approximate surface area is 51.7 Å². The molecule has 1 atom stereocenters. The molecule has 1 rings (SSSR count). The van der Waals surface area contributed by atoms with E-state index in [0.717, 1.165) is 6.54 Å².